The number of ether oxygens (including phenoxy) is 2. The second-order valence-electron chi connectivity index (χ2n) is 5.73. The van der Waals surface area contributed by atoms with Crippen molar-refractivity contribution in [2.45, 2.75) is 31.4 Å². The third-order valence-corrected chi connectivity index (χ3v) is 3.88. The van der Waals surface area contributed by atoms with Crippen molar-refractivity contribution in [3.05, 3.63) is 23.8 Å². The first-order valence-electron chi connectivity index (χ1n) is 7.50. The standard InChI is InChI=1S/C16H24N2O4/c1-18-8-4-5-11(10-18)22-14-7-3-6-12(16(14)21-2)13(17)9-15(19)20/h3,6-7,11,13H,4-5,8-10,17H2,1-2H3,(H,19,20). The van der Waals surface area contributed by atoms with Crippen LogP contribution < -0.4 is 15.2 Å². The summed E-state index contributed by atoms with van der Waals surface area (Å²) in [7, 11) is 3.62. The molecule has 2 atom stereocenters. The minimum atomic E-state index is -0.935. The van der Waals surface area contributed by atoms with Gasteiger partial charge in [0.05, 0.1) is 13.5 Å². The number of benzene rings is 1. The number of hydrogen-bond acceptors (Lipinski definition) is 5. The molecule has 1 aliphatic heterocycles. The highest BCUT2D eigenvalue weighted by Crippen LogP contribution is 2.36. The summed E-state index contributed by atoms with van der Waals surface area (Å²) in [6.07, 6.45) is 2.06. The number of methoxy groups -OCH3 is 1. The molecule has 1 aromatic rings. The SMILES string of the molecule is COc1c(OC2CCCN(C)C2)cccc1C(N)CC(=O)O. The molecule has 0 saturated carbocycles. The highest BCUT2D eigenvalue weighted by molar-refractivity contribution is 5.68. The van der Waals surface area contributed by atoms with Crippen LogP contribution >= 0.6 is 0 Å². The Bertz CT molecular complexity index is 521. The van der Waals surface area contributed by atoms with Crippen molar-refractivity contribution in [3.8, 4) is 11.5 Å². The van der Waals surface area contributed by atoms with E-state index in [1.54, 1.807) is 13.2 Å². The molecule has 0 spiro atoms. The van der Waals surface area contributed by atoms with Gasteiger partial charge >= 0.3 is 5.97 Å². The average molecular weight is 308 g/mol. The highest BCUT2D eigenvalue weighted by Gasteiger charge is 2.23. The second-order valence-corrected chi connectivity index (χ2v) is 5.73. The molecule has 1 aromatic carbocycles. The summed E-state index contributed by atoms with van der Waals surface area (Å²) >= 11 is 0. The summed E-state index contributed by atoms with van der Waals surface area (Å²) in [6, 6.07) is 4.82. The summed E-state index contributed by atoms with van der Waals surface area (Å²) in [5.41, 5.74) is 6.63. The molecule has 1 saturated heterocycles. The van der Waals surface area contributed by atoms with Gasteiger partial charge in [0.1, 0.15) is 6.10 Å². The maximum atomic E-state index is 10.9. The lowest BCUT2D eigenvalue weighted by Gasteiger charge is -2.30. The molecule has 22 heavy (non-hydrogen) atoms. The Labute approximate surface area is 130 Å². The van der Waals surface area contributed by atoms with E-state index in [-0.39, 0.29) is 12.5 Å². The third-order valence-electron chi connectivity index (χ3n) is 3.88. The molecule has 3 N–H and O–H groups in total. The normalized spacial score (nSPS) is 20.4. The predicted octanol–water partition coefficient (Wildman–Crippen LogP) is 1.64. The van der Waals surface area contributed by atoms with Crippen molar-refractivity contribution in [1.29, 1.82) is 0 Å². The van der Waals surface area contributed by atoms with Crippen molar-refractivity contribution in [2.75, 3.05) is 27.2 Å². The van der Waals surface area contributed by atoms with E-state index < -0.39 is 12.0 Å². The van der Waals surface area contributed by atoms with Gasteiger partial charge in [-0.3, -0.25) is 4.79 Å². The van der Waals surface area contributed by atoms with Gasteiger partial charge in [0.15, 0.2) is 11.5 Å². The van der Waals surface area contributed by atoms with Gasteiger partial charge in [-0.1, -0.05) is 12.1 Å². The van der Waals surface area contributed by atoms with E-state index in [0.29, 0.717) is 17.1 Å². The number of piperidine rings is 1. The van der Waals surface area contributed by atoms with E-state index in [4.69, 9.17) is 20.3 Å². The number of aliphatic carboxylic acids is 1. The van der Waals surface area contributed by atoms with Crippen LogP contribution in [-0.4, -0.2) is 49.3 Å². The number of hydrogen-bond donors (Lipinski definition) is 2. The van der Waals surface area contributed by atoms with E-state index in [9.17, 15) is 4.79 Å². The molecule has 6 heteroatoms. The molecule has 0 bridgehead atoms. The number of nitrogens with two attached hydrogens (primary N) is 1. The minimum Gasteiger partial charge on any atom is -0.493 e. The Morgan fingerprint density at radius 3 is 2.95 bits per heavy atom. The van der Waals surface area contributed by atoms with Crippen LogP contribution in [0.1, 0.15) is 30.9 Å². The van der Waals surface area contributed by atoms with Gasteiger partial charge in [-0.05, 0) is 32.5 Å². The van der Waals surface area contributed by atoms with Crippen molar-refractivity contribution >= 4 is 5.97 Å². The number of para-hydroxylation sites is 1. The number of rotatable bonds is 6. The fraction of sp³-hybridized carbons (Fsp3) is 0.562. The topological polar surface area (TPSA) is 85.0 Å². The molecule has 2 rings (SSSR count). The van der Waals surface area contributed by atoms with Crippen LogP contribution in [0.3, 0.4) is 0 Å². The van der Waals surface area contributed by atoms with E-state index in [0.717, 1.165) is 25.9 Å². The molecule has 6 nitrogen and oxygen atoms in total. The largest absolute Gasteiger partial charge is 0.493 e. The fourth-order valence-corrected chi connectivity index (χ4v) is 2.83. The quantitative estimate of drug-likeness (QED) is 0.831. The Hall–Kier alpha value is -1.79. The average Bonchev–Trinajstić information content (AvgIpc) is 2.46. The Morgan fingerprint density at radius 2 is 2.32 bits per heavy atom. The monoisotopic (exact) mass is 308 g/mol. The highest BCUT2D eigenvalue weighted by atomic mass is 16.5. The van der Waals surface area contributed by atoms with Gasteiger partial charge in [-0.15, -0.1) is 0 Å². The molecule has 0 radical (unpaired) electrons. The van der Waals surface area contributed by atoms with Gasteiger partial charge in [0.2, 0.25) is 0 Å². The van der Waals surface area contributed by atoms with Crippen LogP contribution in [-0.2, 0) is 4.79 Å². The summed E-state index contributed by atoms with van der Waals surface area (Å²) in [6.45, 7) is 1.95. The van der Waals surface area contributed by atoms with Gasteiger partial charge in [0.25, 0.3) is 0 Å². The first-order valence-corrected chi connectivity index (χ1v) is 7.50. The molecule has 122 valence electrons. The molecule has 0 amide bonds. The van der Waals surface area contributed by atoms with Crippen LogP contribution in [0.4, 0.5) is 0 Å². The lowest BCUT2D eigenvalue weighted by molar-refractivity contribution is -0.137. The van der Waals surface area contributed by atoms with Crippen LogP contribution in [0.15, 0.2) is 18.2 Å². The molecule has 1 aliphatic rings. The molecule has 0 aromatic heterocycles. The number of likely N-dealkylation sites (tertiary alicyclic amines) is 1. The Balaban J connectivity index is 2.18. The van der Waals surface area contributed by atoms with Crippen molar-refractivity contribution in [3.63, 3.8) is 0 Å². The Morgan fingerprint density at radius 1 is 1.55 bits per heavy atom. The predicted molar refractivity (Wildman–Crippen MR) is 83.3 cm³/mol. The van der Waals surface area contributed by atoms with Crippen LogP contribution in [0.25, 0.3) is 0 Å². The van der Waals surface area contributed by atoms with Crippen molar-refractivity contribution in [1.82, 2.24) is 4.90 Å². The number of carboxylic acids is 1. The molecule has 1 heterocycles. The lowest BCUT2D eigenvalue weighted by atomic mass is 10.0. The van der Waals surface area contributed by atoms with Gasteiger partial charge < -0.3 is 25.2 Å². The number of nitrogens with zero attached hydrogens (tertiary/aromatic N) is 1. The smallest absolute Gasteiger partial charge is 0.305 e. The molecule has 1 fully saturated rings. The number of likely N-dealkylation sites (N-methyl/N-ethyl adjacent to an activating group) is 1. The molecule has 2 unspecified atom stereocenters. The zero-order chi connectivity index (χ0) is 16.1. The van der Waals surface area contributed by atoms with Crippen LogP contribution in [0.2, 0.25) is 0 Å². The van der Waals surface area contributed by atoms with E-state index in [1.807, 2.05) is 12.1 Å². The van der Waals surface area contributed by atoms with Crippen LogP contribution in [0, 0.1) is 0 Å². The van der Waals surface area contributed by atoms with E-state index >= 15 is 0 Å². The summed E-state index contributed by atoms with van der Waals surface area (Å²) in [4.78, 5) is 13.1. The number of carboxylic acid groups (broad SMARTS) is 1. The first kappa shape index (κ1) is 16.6. The van der Waals surface area contributed by atoms with Crippen molar-refractivity contribution < 1.29 is 19.4 Å². The lowest BCUT2D eigenvalue weighted by Crippen LogP contribution is -2.38. The second kappa shape index (κ2) is 7.47. The van der Waals surface area contributed by atoms with E-state index in [1.165, 1.54) is 0 Å². The van der Waals surface area contributed by atoms with Gasteiger partial charge in [-0.25, -0.2) is 0 Å². The van der Waals surface area contributed by atoms with Crippen LogP contribution in [0.5, 0.6) is 11.5 Å². The fourth-order valence-electron chi connectivity index (χ4n) is 2.83. The minimum absolute atomic E-state index is 0.110. The maximum absolute atomic E-state index is 10.9. The summed E-state index contributed by atoms with van der Waals surface area (Å²) in [5.74, 6) is 0.223. The maximum Gasteiger partial charge on any atom is 0.305 e. The summed E-state index contributed by atoms with van der Waals surface area (Å²) in [5, 5.41) is 8.91. The molecular formula is C16H24N2O4. The number of carbonyl (C=O) groups is 1. The zero-order valence-electron chi connectivity index (χ0n) is 13.1. The van der Waals surface area contributed by atoms with Gasteiger partial charge in [-0.2, -0.15) is 0 Å². The third kappa shape index (κ3) is 4.11. The van der Waals surface area contributed by atoms with Crippen molar-refractivity contribution in [2.24, 2.45) is 5.73 Å². The molecule has 0 aliphatic carbocycles. The first-order chi connectivity index (χ1) is 10.5. The van der Waals surface area contributed by atoms with Gasteiger partial charge in [0, 0.05) is 18.2 Å². The summed E-state index contributed by atoms with van der Waals surface area (Å²) < 4.78 is 11.5. The van der Waals surface area contributed by atoms with E-state index in [2.05, 4.69) is 11.9 Å². The molecular weight excluding hydrogens is 284 g/mol. The Kier molecular flexibility index (Phi) is 5.63. The zero-order valence-corrected chi connectivity index (χ0v) is 13.1.